The average molecular weight is 365 g/mol. The highest BCUT2D eigenvalue weighted by atomic mass is 32.1. The summed E-state index contributed by atoms with van der Waals surface area (Å²) in [6.07, 6.45) is 4.76. The molecule has 1 N–H and O–H groups in total. The molecule has 0 aliphatic rings. The summed E-state index contributed by atoms with van der Waals surface area (Å²) in [5, 5.41) is 22.2. The SMILES string of the molecule is Cc1ccc(-c2n[nH]c(=S)n2/N=C\C=C/c2ccccc2[N+](=O)[O-])cc1. The van der Waals surface area contributed by atoms with E-state index in [0.29, 0.717) is 16.2 Å². The summed E-state index contributed by atoms with van der Waals surface area (Å²) in [7, 11) is 0. The van der Waals surface area contributed by atoms with Crippen LogP contribution in [0.1, 0.15) is 11.1 Å². The van der Waals surface area contributed by atoms with Crippen molar-refractivity contribution in [1.82, 2.24) is 14.9 Å². The first-order chi connectivity index (χ1) is 12.6. The zero-order valence-corrected chi connectivity index (χ0v) is 14.7. The van der Waals surface area contributed by atoms with E-state index in [1.807, 2.05) is 31.2 Å². The van der Waals surface area contributed by atoms with Crippen molar-refractivity contribution < 1.29 is 4.92 Å². The van der Waals surface area contributed by atoms with E-state index in [2.05, 4.69) is 15.3 Å². The number of rotatable bonds is 5. The van der Waals surface area contributed by atoms with Crippen LogP contribution in [0.4, 0.5) is 5.69 Å². The number of para-hydroxylation sites is 1. The van der Waals surface area contributed by atoms with Gasteiger partial charge in [-0.05, 0) is 37.4 Å². The van der Waals surface area contributed by atoms with E-state index in [4.69, 9.17) is 12.2 Å². The van der Waals surface area contributed by atoms with Gasteiger partial charge in [-0.25, -0.2) is 5.10 Å². The number of aryl methyl sites for hydroxylation is 1. The van der Waals surface area contributed by atoms with Gasteiger partial charge < -0.3 is 0 Å². The Hall–Kier alpha value is -3.39. The molecule has 0 spiro atoms. The molecule has 3 aromatic rings. The number of nitro groups is 1. The molecule has 3 rings (SSSR count). The molecular weight excluding hydrogens is 350 g/mol. The minimum Gasteiger partial charge on any atom is -0.258 e. The van der Waals surface area contributed by atoms with Gasteiger partial charge >= 0.3 is 0 Å². The van der Waals surface area contributed by atoms with Gasteiger partial charge in [0.2, 0.25) is 4.77 Å². The van der Waals surface area contributed by atoms with Crippen LogP contribution >= 0.6 is 12.2 Å². The summed E-state index contributed by atoms with van der Waals surface area (Å²) in [6, 6.07) is 14.3. The summed E-state index contributed by atoms with van der Waals surface area (Å²) in [5.74, 6) is 0.588. The van der Waals surface area contributed by atoms with Gasteiger partial charge in [-0.2, -0.15) is 14.9 Å². The topological polar surface area (TPSA) is 89.1 Å². The van der Waals surface area contributed by atoms with Gasteiger partial charge in [0, 0.05) is 17.8 Å². The van der Waals surface area contributed by atoms with Gasteiger partial charge in [0.05, 0.1) is 10.5 Å². The lowest BCUT2D eigenvalue weighted by Gasteiger charge is -2.01. The second-order valence-electron chi connectivity index (χ2n) is 5.47. The maximum Gasteiger partial charge on any atom is 0.276 e. The highest BCUT2D eigenvalue weighted by Gasteiger charge is 2.09. The Balaban J connectivity index is 1.86. The lowest BCUT2D eigenvalue weighted by atomic mass is 10.1. The Labute approximate surface area is 154 Å². The highest BCUT2D eigenvalue weighted by Crippen LogP contribution is 2.19. The molecule has 1 aromatic heterocycles. The molecule has 0 saturated heterocycles. The zero-order chi connectivity index (χ0) is 18.5. The fourth-order valence-corrected chi connectivity index (χ4v) is 2.51. The standard InChI is InChI=1S/C18H15N5O2S/c1-13-8-10-15(11-9-13)17-20-21-18(26)22(17)19-12-4-6-14-5-2-3-7-16(14)23(24)25/h2-12H,1H3,(H,21,26)/b6-4-,19-12-. The molecule has 0 radical (unpaired) electrons. The molecule has 0 atom stereocenters. The Morgan fingerprint density at radius 2 is 1.96 bits per heavy atom. The Morgan fingerprint density at radius 1 is 1.23 bits per heavy atom. The van der Waals surface area contributed by atoms with Crippen molar-refractivity contribution in [3.05, 3.63) is 80.6 Å². The van der Waals surface area contributed by atoms with Crippen molar-refractivity contribution in [2.24, 2.45) is 5.10 Å². The molecule has 0 fully saturated rings. The highest BCUT2D eigenvalue weighted by molar-refractivity contribution is 7.71. The second-order valence-corrected chi connectivity index (χ2v) is 5.86. The van der Waals surface area contributed by atoms with Crippen LogP contribution in [0.15, 0.2) is 59.7 Å². The first kappa shape index (κ1) is 17.4. The molecule has 0 bridgehead atoms. The van der Waals surface area contributed by atoms with E-state index >= 15 is 0 Å². The molecular formula is C18H15N5O2S. The largest absolute Gasteiger partial charge is 0.276 e. The molecule has 0 saturated carbocycles. The maximum atomic E-state index is 11.0. The number of nitro benzene ring substituents is 1. The van der Waals surface area contributed by atoms with Gasteiger partial charge in [-0.1, -0.05) is 42.0 Å². The van der Waals surface area contributed by atoms with Crippen molar-refractivity contribution in [1.29, 1.82) is 0 Å². The molecule has 0 aliphatic heterocycles. The quantitative estimate of drug-likeness (QED) is 0.315. The molecule has 130 valence electrons. The predicted molar refractivity (Wildman–Crippen MR) is 104 cm³/mol. The molecule has 8 heteroatoms. The first-order valence-electron chi connectivity index (χ1n) is 7.75. The molecule has 1 heterocycles. The molecule has 7 nitrogen and oxygen atoms in total. The number of nitrogens with zero attached hydrogens (tertiary/aromatic N) is 4. The number of nitrogens with one attached hydrogen (secondary N) is 1. The number of H-pyrrole nitrogens is 1. The van der Waals surface area contributed by atoms with Crippen LogP contribution < -0.4 is 0 Å². The number of hydrogen-bond donors (Lipinski definition) is 1. The van der Waals surface area contributed by atoms with Crippen LogP contribution in [0.5, 0.6) is 0 Å². The molecule has 0 aliphatic carbocycles. The van der Waals surface area contributed by atoms with E-state index in [9.17, 15) is 10.1 Å². The average Bonchev–Trinajstić information content (AvgIpc) is 3.00. The minimum atomic E-state index is -0.418. The molecule has 0 unspecified atom stereocenters. The number of aromatic nitrogens is 3. The van der Waals surface area contributed by atoms with Crippen LogP contribution in [-0.2, 0) is 0 Å². The third-order valence-electron chi connectivity index (χ3n) is 3.64. The lowest BCUT2D eigenvalue weighted by molar-refractivity contribution is -0.385. The van der Waals surface area contributed by atoms with E-state index in [1.165, 1.54) is 17.0 Å². The monoisotopic (exact) mass is 365 g/mol. The van der Waals surface area contributed by atoms with Crippen LogP contribution in [-0.4, -0.2) is 26.0 Å². The van der Waals surface area contributed by atoms with Crippen molar-refractivity contribution in [2.45, 2.75) is 6.92 Å². The number of aromatic amines is 1. The number of allylic oxidation sites excluding steroid dienone is 1. The fourth-order valence-electron chi connectivity index (χ4n) is 2.33. The molecule has 0 amide bonds. The Kier molecular flexibility index (Phi) is 5.14. The number of benzene rings is 2. The Morgan fingerprint density at radius 3 is 2.69 bits per heavy atom. The van der Waals surface area contributed by atoms with Crippen molar-refractivity contribution >= 4 is 30.2 Å². The normalized spacial score (nSPS) is 11.4. The minimum absolute atomic E-state index is 0.0393. The predicted octanol–water partition coefficient (Wildman–Crippen LogP) is 4.37. The molecule has 2 aromatic carbocycles. The third-order valence-corrected chi connectivity index (χ3v) is 3.90. The van der Waals surface area contributed by atoms with Crippen molar-refractivity contribution in [3.8, 4) is 11.4 Å². The lowest BCUT2D eigenvalue weighted by Crippen LogP contribution is -1.94. The van der Waals surface area contributed by atoms with E-state index < -0.39 is 4.92 Å². The van der Waals surface area contributed by atoms with Crippen molar-refractivity contribution in [2.75, 3.05) is 0 Å². The van der Waals surface area contributed by atoms with Crippen molar-refractivity contribution in [3.63, 3.8) is 0 Å². The smallest absolute Gasteiger partial charge is 0.258 e. The van der Waals surface area contributed by atoms with Crippen LogP contribution in [0.2, 0.25) is 0 Å². The van der Waals surface area contributed by atoms with Gasteiger partial charge in [-0.15, -0.1) is 0 Å². The van der Waals surface area contributed by atoms with Crippen LogP contribution in [0.25, 0.3) is 17.5 Å². The second kappa shape index (κ2) is 7.66. The van der Waals surface area contributed by atoms with Gasteiger partial charge in [-0.3, -0.25) is 10.1 Å². The first-order valence-corrected chi connectivity index (χ1v) is 8.16. The third kappa shape index (κ3) is 3.81. The zero-order valence-electron chi connectivity index (χ0n) is 13.9. The Bertz CT molecular complexity index is 1050. The van der Waals surface area contributed by atoms with Crippen LogP contribution in [0, 0.1) is 21.8 Å². The van der Waals surface area contributed by atoms with E-state index in [-0.39, 0.29) is 5.69 Å². The summed E-state index contributed by atoms with van der Waals surface area (Å²) in [5.41, 5.74) is 2.56. The van der Waals surface area contributed by atoms with Gasteiger partial charge in [0.15, 0.2) is 5.82 Å². The number of hydrogen-bond acceptors (Lipinski definition) is 5. The van der Waals surface area contributed by atoms with E-state index in [0.717, 1.165) is 11.1 Å². The summed E-state index contributed by atoms with van der Waals surface area (Å²) in [4.78, 5) is 10.6. The summed E-state index contributed by atoms with van der Waals surface area (Å²) >= 11 is 5.21. The van der Waals surface area contributed by atoms with Gasteiger partial charge in [0.1, 0.15) is 0 Å². The maximum absolute atomic E-state index is 11.0. The van der Waals surface area contributed by atoms with E-state index in [1.54, 1.807) is 30.4 Å². The summed E-state index contributed by atoms with van der Waals surface area (Å²) < 4.78 is 1.86. The van der Waals surface area contributed by atoms with Gasteiger partial charge in [0.25, 0.3) is 5.69 Å². The summed E-state index contributed by atoms with van der Waals surface area (Å²) in [6.45, 7) is 2.01. The van der Waals surface area contributed by atoms with Crippen LogP contribution in [0.3, 0.4) is 0 Å². The molecule has 26 heavy (non-hydrogen) atoms. The fraction of sp³-hybridized carbons (Fsp3) is 0.0556.